The molecule has 1 aliphatic rings. The Morgan fingerprint density at radius 2 is 1.62 bits per heavy atom. The number of hydrogen-bond acceptors (Lipinski definition) is 7. The van der Waals surface area contributed by atoms with E-state index in [0.29, 0.717) is 30.0 Å². The molecule has 8 nitrogen and oxygen atoms in total. The van der Waals surface area contributed by atoms with Gasteiger partial charge in [0.05, 0.1) is 31.2 Å². The zero-order valence-corrected chi connectivity index (χ0v) is 24.0. The average Bonchev–Trinajstić information content (AvgIpc) is 2.89. The van der Waals surface area contributed by atoms with Crippen LogP contribution in [0, 0.1) is 0 Å². The molecule has 9 heteroatoms. The number of fused-ring (bicyclic) bond motifs is 1. The predicted octanol–water partition coefficient (Wildman–Crippen LogP) is 5.31. The van der Waals surface area contributed by atoms with Crippen LogP contribution in [-0.2, 0) is 21.0 Å². The maximum absolute atomic E-state index is 13.4. The number of nitrogens with zero attached hydrogens (tertiary/aromatic N) is 1. The Bertz CT molecular complexity index is 1460. The van der Waals surface area contributed by atoms with E-state index in [-0.39, 0.29) is 4.90 Å². The van der Waals surface area contributed by atoms with Crippen LogP contribution >= 0.6 is 0 Å². The third-order valence-electron chi connectivity index (χ3n) is 6.78. The van der Waals surface area contributed by atoms with Crippen LogP contribution in [0.2, 0.25) is 0 Å². The molecular formula is C30H36N2O6S. The number of amides is 1. The highest BCUT2D eigenvalue weighted by molar-refractivity contribution is 7.90. The maximum atomic E-state index is 13.4. The lowest BCUT2D eigenvalue weighted by molar-refractivity contribution is 0.0111. The number of benzene rings is 3. The number of methoxy groups -OCH3 is 2. The number of ether oxygens (including phenoxy) is 3. The Labute approximate surface area is 230 Å². The molecule has 0 fully saturated rings. The molecule has 0 spiro atoms. The van der Waals surface area contributed by atoms with Crippen LogP contribution in [0.1, 0.15) is 49.5 Å². The van der Waals surface area contributed by atoms with Gasteiger partial charge in [-0.3, -0.25) is 4.90 Å². The summed E-state index contributed by atoms with van der Waals surface area (Å²) in [5.41, 5.74) is 10.3. The van der Waals surface area contributed by atoms with Crippen LogP contribution in [0.3, 0.4) is 0 Å². The van der Waals surface area contributed by atoms with Crippen LogP contribution < -0.4 is 15.2 Å². The van der Waals surface area contributed by atoms with E-state index in [1.165, 1.54) is 6.26 Å². The van der Waals surface area contributed by atoms with Crippen LogP contribution in [0.4, 0.5) is 4.79 Å². The van der Waals surface area contributed by atoms with Crippen LogP contribution in [-0.4, -0.2) is 52.0 Å². The quantitative estimate of drug-likeness (QED) is 0.442. The molecule has 4 rings (SSSR count). The van der Waals surface area contributed by atoms with Crippen molar-refractivity contribution in [1.82, 2.24) is 4.90 Å². The first-order chi connectivity index (χ1) is 18.3. The van der Waals surface area contributed by atoms with E-state index in [2.05, 4.69) is 0 Å². The molecule has 1 heterocycles. The molecular weight excluding hydrogens is 516 g/mol. The normalized spacial score (nSPS) is 16.3. The number of sulfone groups is 1. The highest BCUT2D eigenvalue weighted by Crippen LogP contribution is 2.43. The molecule has 3 aromatic rings. The fourth-order valence-corrected chi connectivity index (χ4v) is 5.90. The molecule has 0 bridgehead atoms. The van der Waals surface area contributed by atoms with E-state index < -0.39 is 33.6 Å². The largest absolute Gasteiger partial charge is 0.493 e. The second kappa shape index (κ2) is 10.9. The van der Waals surface area contributed by atoms with Gasteiger partial charge in [0, 0.05) is 18.4 Å². The van der Waals surface area contributed by atoms with Crippen LogP contribution in [0.5, 0.6) is 11.5 Å². The smallest absolute Gasteiger partial charge is 0.410 e. The van der Waals surface area contributed by atoms with Gasteiger partial charge < -0.3 is 19.9 Å². The van der Waals surface area contributed by atoms with Gasteiger partial charge in [0.2, 0.25) is 0 Å². The standard InChI is InChI=1S/C30H36N2O6S/c1-30(2,3)38-29(33)32-16-15-21-17-24(36-4)25(37-5)18-23(21)28(32)27(31)20-13-11-19(12-14-20)22-9-7-8-10-26(22)39(6,34)35/h7-14,17-18,27-28H,15-16,31H2,1-6H3. The van der Waals surface area contributed by atoms with Crippen LogP contribution in [0.25, 0.3) is 11.1 Å². The highest BCUT2D eigenvalue weighted by Gasteiger charge is 2.38. The van der Waals surface area contributed by atoms with E-state index in [9.17, 15) is 13.2 Å². The van der Waals surface area contributed by atoms with Crippen LogP contribution in [0.15, 0.2) is 65.6 Å². The van der Waals surface area contributed by atoms with Crippen molar-refractivity contribution in [3.05, 3.63) is 77.4 Å². The molecule has 0 aromatic heterocycles. The summed E-state index contributed by atoms with van der Waals surface area (Å²) in [6.07, 6.45) is 1.37. The van der Waals surface area contributed by atoms with Gasteiger partial charge in [-0.15, -0.1) is 0 Å². The van der Waals surface area contributed by atoms with Gasteiger partial charge in [0.1, 0.15) is 5.60 Å². The van der Waals surface area contributed by atoms with Crippen molar-refractivity contribution in [2.75, 3.05) is 27.0 Å². The van der Waals surface area contributed by atoms with Gasteiger partial charge in [-0.05, 0) is 67.6 Å². The Kier molecular flexibility index (Phi) is 7.95. The molecule has 2 atom stereocenters. The molecule has 208 valence electrons. The van der Waals surface area contributed by atoms with Crippen molar-refractivity contribution in [2.45, 2.75) is 49.8 Å². The fraction of sp³-hybridized carbons (Fsp3) is 0.367. The van der Waals surface area contributed by atoms with Crippen molar-refractivity contribution < 1.29 is 27.4 Å². The van der Waals surface area contributed by atoms with Crippen molar-refractivity contribution in [2.24, 2.45) is 5.73 Å². The van der Waals surface area contributed by atoms with E-state index in [4.69, 9.17) is 19.9 Å². The minimum absolute atomic E-state index is 0.264. The fourth-order valence-electron chi connectivity index (χ4n) is 4.98. The van der Waals surface area contributed by atoms with Crippen molar-refractivity contribution in [3.8, 4) is 22.6 Å². The van der Waals surface area contributed by atoms with E-state index in [1.807, 2.05) is 63.2 Å². The molecule has 1 aliphatic heterocycles. The molecule has 0 saturated heterocycles. The summed E-state index contributed by atoms with van der Waals surface area (Å²) in [5.74, 6) is 1.16. The van der Waals surface area contributed by atoms with Gasteiger partial charge in [-0.2, -0.15) is 0 Å². The molecule has 0 saturated carbocycles. The topological polar surface area (TPSA) is 108 Å². The summed E-state index contributed by atoms with van der Waals surface area (Å²) in [4.78, 5) is 15.3. The van der Waals surface area contributed by atoms with Crippen molar-refractivity contribution in [3.63, 3.8) is 0 Å². The van der Waals surface area contributed by atoms with Gasteiger partial charge in [0.25, 0.3) is 0 Å². The third kappa shape index (κ3) is 6.04. The first-order valence-corrected chi connectivity index (χ1v) is 14.6. The van der Waals surface area contributed by atoms with Gasteiger partial charge in [-0.25, -0.2) is 13.2 Å². The lowest BCUT2D eigenvalue weighted by Gasteiger charge is -2.41. The molecule has 39 heavy (non-hydrogen) atoms. The Balaban J connectivity index is 1.77. The minimum atomic E-state index is -3.41. The first kappa shape index (κ1) is 28.4. The second-order valence-corrected chi connectivity index (χ2v) is 12.7. The summed E-state index contributed by atoms with van der Waals surface area (Å²) >= 11 is 0. The van der Waals surface area contributed by atoms with Gasteiger partial charge >= 0.3 is 6.09 Å². The number of nitrogens with two attached hydrogens (primary N) is 1. The summed E-state index contributed by atoms with van der Waals surface area (Å²) in [6, 6.07) is 17.1. The number of hydrogen-bond donors (Lipinski definition) is 1. The predicted molar refractivity (Wildman–Crippen MR) is 151 cm³/mol. The number of rotatable bonds is 6. The monoisotopic (exact) mass is 552 g/mol. The lowest BCUT2D eigenvalue weighted by atomic mass is 9.85. The number of carbonyl (C=O) groups is 1. The highest BCUT2D eigenvalue weighted by atomic mass is 32.2. The summed E-state index contributed by atoms with van der Waals surface area (Å²) in [7, 11) is -0.248. The zero-order chi connectivity index (χ0) is 28.5. The van der Waals surface area contributed by atoms with E-state index >= 15 is 0 Å². The summed E-state index contributed by atoms with van der Waals surface area (Å²) < 4.78 is 41.5. The molecule has 0 radical (unpaired) electrons. The molecule has 1 amide bonds. The lowest BCUT2D eigenvalue weighted by Crippen LogP contribution is -2.46. The van der Waals surface area contributed by atoms with E-state index in [1.54, 1.807) is 37.3 Å². The van der Waals surface area contributed by atoms with E-state index in [0.717, 1.165) is 22.3 Å². The average molecular weight is 553 g/mol. The zero-order valence-electron chi connectivity index (χ0n) is 23.2. The van der Waals surface area contributed by atoms with Gasteiger partial charge in [-0.1, -0.05) is 42.5 Å². The molecule has 0 aliphatic carbocycles. The first-order valence-electron chi connectivity index (χ1n) is 12.7. The third-order valence-corrected chi connectivity index (χ3v) is 7.94. The molecule has 2 unspecified atom stereocenters. The molecule has 3 aromatic carbocycles. The van der Waals surface area contributed by atoms with Gasteiger partial charge in [0.15, 0.2) is 21.3 Å². The summed E-state index contributed by atoms with van der Waals surface area (Å²) in [5, 5.41) is 0. The Morgan fingerprint density at radius 3 is 2.21 bits per heavy atom. The second-order valence-electron chi connectivity index (χ2n) is 10.7. The summed E-state index contributed by atoms with van der Waals surface area (Å²) in [6.45, 7) is 5.92. The number of carbonyl (C=O) groups excluding carboxylic acids is 1. The SMILES string of the molecule is COc1cc2c(cc1OC)C(C(N)c1ccc(-c3ccccc3S(C)(=O)=O)cc1)N(C(=O)OC(C)(C)C)CC2. The van der Waals surface area contributed by atoms with Crippen molar-refractivity contribution in [1.29, 1.82) is 0 Å². The maximum Gasteiger partial charge on any atom is 0.410 e. The Hall–Kier alpha value is -3.56. The van der Waals surface area contributed by atoms with Crippen molar-refractivity contribution >= 4 is 15.9 Å². The Morgan fingerprint density at radius 1 is 1.00 bits per heavy atom. The molecule has 2 N–H and O–H groups in total. The minimum Gasteiger partial charge on any atom is -0.493 e.